The molecular formula is C8H13BrN2O2. The summed E-state index contributed by atoms with van der Waals surface area (Å²) in [7, 11) is 0. The van der Waals surface area contributed by atoms with E-state index in [0.717, 1.165) is 18.5 Å². The maximum Gasteiger partial charge on any atom is 0.281 e. The topological polar surface area (TPSA) is 58.0 Å². The molecule has 1 aromatic heterocycles. The van der Waals surface area contributed by atoms with Gasteiger partial charge in [-0.05, 0) is 22.4 Å². The zero-order chi connectivity index (χ0) is 9.84. The molecule has 1 rings (SSSR count). The van der Waals surface area contributed by atoms with Gasteiger partial charge in [-0.1, -0.05) is 13.3 Å². The Morgan fingerprint density at radius 2 is 2.31 bits per heavy atom. The summed E-state index contributed by atoms with van der Waals surface area (Å²) in [5, 5.41) is 11.6. The quantitative estimate of drug-likeness (QED) is 0.832. The molecule has 74 valence electrons. The van der Waals surface area contributed by atoms with Gasteiger partial charge in [0.25, 0.3) is 5.56 Å². The van der Waals surface area contributed by atoms with Gasteiger partial charge in [-0.2, -0.15) is 0 Å². The average Bonchev–Trinajstić information content (AvgIpc) is 2.36. The van der Waals surface area contributed by atoms with Crippen LogP contribution >= 0.6 is 15.9 Å². The number of rotatable bonds is 4. The van der Waals surface area contributed by atoms with Crippen LogP contribution in [0.2, 0.25) is 0 Å². The van der Waals surface area contributed by atoms with Gasteiger partial charge in [0.2, 0.25) is 0 Å². The zero-order valence-electron chi connectivity index (χ0n) is 7.51. The normalized spacial score (nSPS) is 10.7. The predicted molar refractivity (Wildman–Crippen MR) is 53.8 cm³/mol. The number of hydrogen-bond acceptors (Lipinski definition) is 2. The van der Waals surface area contributed by atoms with E-state index in [9.17, 15) is 4.79 Å². The van der Waals surface area contributed by atoms with Crippen molar-refractivity contribution < 1.29 is 5.11 Å². The SMILES string of the molecule is CCCc1[nH]n(CCO)c(=O)c1Br. The molecule has 0 aliphatic carbocycles. The summed E-state index contributed by atoms with van der Waals surface area (Å²) in [6.45, 7) is 2.34. The molecule has 0 saturated carbocycles. The van der Waals surface area contributed by atoms with E-state index in [0.29, 0.717) is 11.0 Å². The first-order chi connectivity index (χ1) is 6.20. The lowest BCUT2D eigenvalue weighted by molar-refractivity contribution is 0.267. The molecule has 5 heteroatoms. The van der Waals surface area contributed by atoms with Crippen LogP contribution in [0.25, 0.3) is 0 Å². The first kappa shape index (κ1) is 10.5. The smallest absolute Gasteiger partial charge is 0.281 e. The number of aliphatic hydroxyl groups is 1. The summed E-state index contributed by atoms with van der Waals surface area (Å²) < 4.78 is 2.00. The van der Waals surface area contributed by atoms with Crippen LogP contribution < -0.4 is 5.56 Å². The van der Waals surface area contributed by atoms with Gasteiger partial charge in [-0.3, -0.25) is 9.89 Å². The Balaban J connectivity index is 2.98. The summed E-state index contributed by atoms with van der Waals surface area (Å²) in [6, 6.07) is 0. The van der Waals surface area contributed by atoms with E-state index in [4.69, 9.17) is 5.11 Å². The molecule has 0 aromatic carbocycles. The summed E-state index contributed by atoms with van der Waals surface area (Å²) >= 11 is 3.23. The summed E-state index contributed by atoms with van der Waals surface area (Å²) in [5.41, 5.74) is 0.804. The molecule has 0 amide bonds. The first-order valence-corrected chi connectivity index (χ1v) is 5.08. The first-order valence-electron chi connectivity index (χ1n) is 4.28. The Bertz CT molecular complexity index is 329. The van der Waals surface area contributed by atoms with Crippen LogP contribution in [0.1, 0.15) is 19.0 Å². The molecule has 1 aromatic rings. The van der Waals surface area contributed by atoms with Gasteiger partial charge in [-0.15, -0.1) is 0 Å². The number of aliphatic hydroxyl groups excluding tert-OH is 1. The molecule has 0 atom stereocenters. The van der Waals surface area contributed by atoms with E-state index in [1.54, 1.807) is 0 Å². The molecule has 0 fully saturated rings. The van der Waals surface area contributed by atoms with Gasteiger partial charge >= 0.3 is 0 Å². The fraction of sp³-hybridized carbons (Fsp3) is 0.625. The molecule has 0 aliphatic rings. The summed E-state index contributed by atoms with van der Waals surface area (Å²) in [5.74, 6) is 0. The van der Waals surface area contributed by atoms with E-state index in [1.807, 2.05) is 6.92 Å². The van der Waals surface area contributed by atoms with Crippen LogP contribution in [0.5, 0.6) is 0 Å². The van der Waals surface area contributed by atoms with Crippen LogP contribution in [0.4, 0.5) is 0 Å². The minimum atomic E-state index is -0.0995. The van der Waals surface area contributed by atoms with Crippen molar-refractivity contribution in [1.29, 1.82) is 0 Å². The second kappa shape index (κ2) is 4.62. The monoisotopic (exact) mass is 248 g/mol. The van der Waals surface area contributed by atoms with Crippen LogP contribution in [0, 0.1) is 0 Å². The Kier molecular flexibility index (Phi) is 3.74. The molecule has 13 heavy (non-hydrogen) atoms. The van der Waals surface area contributed by atoms with Gasteiger partial charge in [0, 0.05) is 0 Å². The van der Waals surface area contributed by atoms with Crippen molar-refractivity contribution in [2.75, 3.05) is 6.61 Å². The Morgan fingerprint density at radius 1 is 1.62 bits per heavy atom. The van der Waals surface area contributed by atoms with Crippen LogP contribution in [-0.4, -0.2) is 21.5 Å². The van der Waals surface area contributed by atoms with Gasteiger partial charge in [0.05, 0.1) is 18.8 Å². The predicted octanol–water partition coefficient (Wildman–Crippen LogP) is 0.884. The Labute approximate surface area is 84.7 Å². The van der Waals surface area contributed by atoms with Crippen LogP contribution in [0.3, 0.4) is 0 Å². The van der Waals surface area contributed by atoms with E-state index in [2.05, 4.69) is 21.0 Å². The van der Waals surface area contributed by atoms with Crippen molar-refractivity contribution in [2.45, 2.75) is 26.3 Å². The molecule has 0 spiro atoms. The summed E-state index contributed by atoms with van der Waals surface area (Å²) in [6.07, 6.45) is 1.83. The standard InChI is InChI=1S/C8H13BrN2O2/c1-2-3-6-7(9)8(13)11(10-6)4-5-12/h10,12H,2-5H2,1H3. The molecule has 4 nitrogen and oxygen atoms in total. The second-order valence-corrected chi connectivity index (χ2v) is 3.63. The third-order valence-corrected chi connectivity index (χ3v) is 2.61. The highest BCUT2D eigenvalue weighted by Gasteiger charge is 2.09. The number of aryl methyl sites for hydroxylation is 1. The third kappa shape index (κ3) is 2.22. The van der Waals surface area contributed by atoms with Crippen molar-refractivity contribution >= 4 is 15.9 Å². The highest BCUT2D eigenvalue weighted by Crippen LogP contribution is 2.11. The highest BCUT2D eigenvalue weighted by atomic mass is 79.9. The van der Waals surface area contributed by atoms with Crippen molar-refractivity contribution in [3.63, 3.8) is 0 Å². The summed E-state index contributed by atoms with van der Waals surface area (Å²) in [4.78, 5) is 11.4. The van der Waals surface area contributed by atoms with Crippen LogP contribution in [0.15, 0.2) is 9.27 Å². The minimum Gasteiger partial charge on any atom is -0.394 e. The average molecular weight is 249 g/mol. The number of hydrogen-bond donors (Lipinski definition) is 2. The fourth-order valence-corrected chi connectivity index (χ4v) is 1.68. The van der Waals surface area contributed by atoms with E-state index < -0.39 is 0 Å². The largest absolute Gasteiger partial charge is 0.394 e. The van der Waals surface area contributed by atoms with Crippen molar-refractivity contribution in [2.24, 2.45) is 0 Å². The molecule has 0 saturated heterocycles. The number of nitrogens with zero attached hydrogens (tertiary/aromatic N) is 1. The van der Waals surface area contributed by atoms with Crippen molar-refractivity contribution in [3.05, 3.63) is 20.5 Å². The van der Waals surface area contributed by atoms with Gasteiger partial charge in [0.1, 0.15) is 4.47 Å². The zero-order valence-corrected chi connectivity index (χ0v) is 9.10. The van der Waals surface area contributed by atoms with Crippen molar-refractivity contribution in [1.82, 2.24) is 9.78 Å². The minimum absolute atomic E-state index is 0.0293. The number of aromatic amines is 1. The fourth-order valence-electron chi connectivity index (χ4n) is 1.18. The molecule has 0 aliphatic heterocycles. The number of aromatic nitrogens is 2. The maximum absolute atomic E-state index is 11.4. The Morgan fingerprint density at radius 3 is 2.85 bits per heavy atom. The van der Waals surface area contributed by atoms with Gasteiger partial charge in [0.15, 0.2) is 0 Å². The van der Waals surface area contributed by atoms with Gasteiger partial charge < -0.3 is 5.11 Å². The number of H-pyrrole nitrogens is 1. The lowest BCUT2D eigenvalue weighted by Crippen LogP contribution is -2.18. The lowest BCUT2D eigenvalue weighted by atomic mass is 10.3. The van der Waals surface area contributed by atoms with E-state index in [1.165, 1.54) is 4.68 Å². The third-order valence-electron chi connectivity index (χ3n) is 1.79. The Hall–Kier alpha value is -0.550. The number of halogens is 1. The molecule has 0 radical (unpaired) electrons. The van der Waals surface area contributed by atoms with E-state index in [-0.39, 0.29) is 12.2 Å². The second-order valence-electron chi connectivity index (χ2n) is 2.83. The number of nitrogens with one attached hydrogen (secondary N) is 1. The molecule has 0 unspecified atom stereocenters. The molecule has 0 bridgehead atoms. The highest BCUT2D eigenvalue weighted by molar-refractivity contribution is 9.10. The van der Waals surface area contributed by atoms with E-state index >= 15 is 0 Å². The molecule has 2 N–H and O–H groups in total. The lowest BCUT2D eigenvalue weighted by Gasteiger charge is -1.96. The van der Waals surface area contributed by atoms with Crippen LogP contribution in [-0.2, 0) is 13.0 Å². The van der Waals surface area contributed by atoms with Crippen molar-refractivity contribution in [3.8, 4) is 0 Å². The maximum atomic E-state index is 11.4. The molecular weight excluding hydrogens is 236 g/mol. The molecule has 1 heterocycles. The van der Waals surface area contributed by atoms with Gasteiger partial charge in [-0.25, -0.2) is 4.68 Å².